The zero-order chi connectivity index (χ0) is 16.8. The van der Waals surface area contributed by atoms with Crippen LogP contribution in [0.4, 0.5) is 0 Å². The molecule has 2 aromatic carbocycles. The van der Waals surface area contributed by atoms with Crippen molar-refractivity contribution in [3.05, 3.63) is 57.6 Å². The van der Waals surface area contributed by atoms with E-state index in [9.17, 15) is 9.90 Å². The minimum atomic E-state index is -0.363. The number of halogens is 1. The summed E-state index contributed by atoms with van der Waals surface area (Å²) in [5.41, 5.74) is 5.15. The van der Waals surface area contributed by atoms with Crippen LogP contribution in [0.5, 0.6) is 11.5 Å². The van der Waals surface area contributed by atoms with Crippen LogP contribution in [0, 0.1) is 13.8 Å². The van der Waals surface area contributed by atoms with E-state index in [-0.39, 0.29) is 18.3 Å². The van der Waals surface area contributed by atoms with Crippen molar-refractivity contribution in [3.63, 3.8) is 0 Å². The Balaban J connectivity index is 1.89. The third-order valence-corrected chi connectivity index (χ3v) is 4.01. The Morgan fingerprint density at radius 3 is 2.91 bits per heavy atom. The number of rotatable bonds is 5. The molecule has 0 saturated carbocycles. The lowest BCUT2D eigenvalue weighted by molar-refractivity contribution is -0.123. The molecule has 0 aliphatic rings. The molecule has 0 bridgehead atoms. The lowest BCUT2D eigenvalue weighted by Gasteiger charge is -2.09. The lowest BCUT2D eigenvalue weighted by Crippen LogP contribution is -2.24. The van der Waals surface area contributed by atoms with Gasteiger partial charge in [0.25, 0.3) is 5.91 Å². The number of ether oxygens (including phenoxy) is 1. The van der Waals surface area contributed by atoms with E-state index < -0.39 is 0 Å². The summed E-state index contributed by atoms with van der Waals surface area (Å²) in [6, 6.07) is 10.5. The molecule has 0 spiro atoms. The van der Waals surface area contributed by atoms with Crippen molar-refractivity contribution in [2.75, 3.05) is 6.61 Å². The first-order chi connectivity index (χ1) is 11.0. The van der Waals surface area contributed by atoms with Gasteiger partial charge in [-0.3, -0.25) is 4.79 Å². The number of aromatic hydroxyl groups is 1. The molecule has 2 rings (SSSR count). The molecule has 0 saturated heterocycles. The number of nitrogens with one attached hydrogen (secondary N) is 1. The highest BCUT2D eigenvalue weighted by Crippen LogP contribution is 2.21. The van der Waals surface area contributed by atoms with E-state index in [0.29, 0.717) is 11.3 Å². The van der Waals surface area contributed by atoms with Crippen LogP contribution < -0.4 is 10.2 Å². The van der Waals surface area contributed by atoms with E-state index in [0.717, 1.165) is 15.6 Å². The highest BCUT2D eigenvalue weighted by Gasteiger charge is 2.05. The molecular formula is C17H17BrN2O3. The minimum Gasteiger partial charge on any atom is -0.508 e. The van der Waals surface area contributed by atoms with Crippen molar-refractivity contribution in [2.24, 2.45) is 5.10 Å². The zero-order valence-electron chi connectivity index (χ0n) is 12.8. The Morgan fingerprint density at radius 2 is 2.13 bits per heavy atom. The number of hydrazone groups is 1. The normalized spacial score (nSPS) is 10.7. The second kappa shape index (κ2) is 7.78. The van der Waals surface area contributed by atoms with E-state index in [4.69, 9.17) is 4.74 Å². The van der Waals surface area contributed by atoms with E-state index in [1.54, 1.807) is 12.1 Å². The van der Waals surface area contributed by atoms with Crippen molar-refractivity contribution < 1.29 is 14.6 Å². The summed E-state index contributed by atoms with van der Waals surface area (Å²) < 4.78 is 6.25. The average molecular weight is 377 g/mol. The summed E-state index contributed by atoms with van der Waals surface area (Å²) in [4.78, 5) is 11.7. The molecule has 6 heteroatoms. The molecule has 2 N–H and O–H groups in total. The smallest absolute Gasteiger partial charge is 0.277 e. The van der Waals surface area contributed by atoms with Crippen molar-refractivity contribution in [1.29, 1.82) is 0 Å². The number of carbonyl (C=O) groups excluding carboxylic acids is 1. The van der Waals surface area contributed by atoms with Gasteiger partial charge in [0.2, 0.25) is 0 Å². The van der Waals surface area contributed by atoms with Gasteiger partial charge in [-0.2, -0.15) is 5.10 Å². The van der Waals surface area contributed by atoms with Gasteiger partial charge in [-0.05, 0) is 49.2 Å². The maximum Gasteiger partial charge on any atom is 0.277 e. The number of amides is 1. The van der Waals surface area contributed by atoms with Crippen LogP contribution in [0.15, 0.2) is 46.0 Å². The number of nitrogens with zero attached hydrogens (tertiary/aromatic N) is 1. The molecular weight excluding hydrogens is 360 g/mol. The number of hydrogen-bond acceptors (Lipinski definition) is 4. The largest absolute Gasteiger partial charge is 0.508 e. The number of benzene rings is 2. The van der Waals surface area contributed by atoms with Crippen molar-refractivity contribution in [2.45, 2.75) is 13.8 Å². The van der Waals surface area contributed by atoms with Crippen LogP contribution in [0.2, 0.25) is 0 Å². The highest BCUT2D eigenvalue weighted by molar-refractivity contribution is 9.10. The van der Waals surface area contributed by atoms with Crippen LogP contribution in [0.1, 0.15) is 16.7 Å². The maximum absolute atomic E-state index is 11.7. The topological polar surface area (TPSA) is 70.9 Å². The van der Waals surface area contributed by atoms with Gasteiger partial charge in [0.1, 0.15) is 11.5 Å². The zero-order valence-corrected chi connectivity index (χ0v) is 14.4. The second-order valence-corrected chi connectivity index (χ2v) is 5.84. The average Bonchev–Trinajstić information content (AvgIpc) is 2.52. The standard InChI is InChI=1S/C17H17BrN2O3/c1-11-4-3-5-16(12(11)2)23-10-17(22)20-19-9-13-8-14(21)6-7-15(13)18/h3-9,21H,10H2,1-2H3,(H,20,22). The molecule has 5 nitrogen and oxygen atoms in total. The second-order valence-electron chi connectivity index (χ2n) is 4.99. The summed E-state index contributed by atoms with van der Waals surface area (Å²) in [6.45, 7) is 3.81. The molecule has 0 radical (unpaired) electrons. The SMILES string of the molecule is Cc1cccc(OCC(=O)NN=Cc2cc(O)ccc2Br)c1C. The van der Waals surface area contributed by atoms with E-state index in [1.807, 2.05) is 32.0 Å². The number of phenolic OH excluding ortho intramolecular Hbond substituents is 1. The molecule has 0 aromatic heterocycles. The van der Waals surface area contributed by atoms with Gasteiger partial charge in [0.05, 0.1) is 6.21 Å². The summed E-state index contributed by atoms with van der Waals surface area (Å²) in [6.07, 6.45) is 1.44. The van der Waals surface area contributed by atoms with Crippen LogP contribution in [-0.4, -0.2) is 23.8 Å². The first-order valence-electron chi connectivity index (χ1n) is 6.97. The summed E-state index contributed by atoms with van der Waals surface area (Å²) in [5.74, 6) is 0.442. The van der Waals surface area contributed by atoms with Crippen LogP contribution in [0.25, 0.3) is 0 Å². The third kappa shape index (κ3) is 4.82. The van der Waals surface area contributed by atoms with Crippen molar-refractivity contribution >= 4 is 28.1 Å². The van der Waals surface area contributed by atoms with Crippen molar-refractivity contribution in [1.82, 2.24) is 5.43 Å². The van der Waals surface area contributed by atoms with E-state index in [1.165, 1.54) is 12.3 Å². The molecule has 0 atom stereocenters. The number of hydrogen-bond donors (Lipinski definition) is 2. The Morgan fingerprint density at radius 1 is 1.35 bits per heavy atom. The number of aryl methyl sites for hydroxylation is 1. The monoisotopic (exact) mass is 376 g/mol. The molecule has 0 unspecified atom stereocenters. The number of carbonyl (C=O) groups is 1. The van der Waals surface area contributed by atoms with Crippen LogP contribution >= 0.6 is 15.9 Å². The van der Waals surface area contributed by atoms with E-state index >= 15 is 0 Å². The van der Waals surface area contributed by atoms with Gasteiger partial charge in [-0.15, -0.1) is 0 Å². The Bertz CT molecular complexity index is 745. The fourth-order valence-corrected chi connectivity index (χ4v) is 2.21. The van der Waals surface area contributed by atoms with Gasteiger partial charge in [0, 0.05) is 10.0 Å². The number of phenols is 1. The molecule has 0 heterocycles. The Hall–Kier alpha value is -2.34. The summed E-state index contributed by atoms with van der Waals surface area (Å²) in [5, 5.41) is 13.3. The minimum absolute atomic E-state index is 0.122. The van der Waals surface area contributed by atoms with E-state index in [2.05, 4.69) is 26.5 Å². The molecule has 0 aliphatic heterocycles. The first-order valence-corrected chi connectivity index (χ1v) is 7.76. The molecule has 1 amide bonds. The molecule has 0 fully saturated rings. The van der Waals surface area contributed by atoms with Crippen molar-refractivity contribution in [3.8, 4) is 11.5 Å². The Kier molecular flexibility index (Phi) is 5.76. The highest BCUT2D eigenvalue weighted by atomic mass is 79.9. The molecule has 2 aromatic rings. The first kappa shape index (κ1) is 17.0. The van der Waals surface area contributed by atoms with Crippen LogP contribution in [0.3, 0.4) is 0 Å². The van der Waals surface area contributed by atoms with Gasteiger partial charge in [-0.25, -0.2) is 5.43 Å². The van der Waals surface area contributed by atoms with Gasteiger partial charge >= 0.3 is 0 Å². The fraction of sp³-hybridized carbons (Fsp3) is 0.176. The predicted octanol–water partition coefficient (Wildman–Crippen LogP) is 3.30. The van der Waals surface area contributed by atoms with Gasteiger partial charge < -0.3 is 9.84 Å². The van der Waals surface area contributed by atoms with Gasteiger partial charge in [0.15, 0.2) is 6.61 Å². The molecule has 23 heavy (non-hydrogen) atoms. The molecule has 120 valence electrons. The van der Waals surface area contributed by atoms with Gasteiger partial charge in [-0.1, -0.05) is 28.1 Å². The predicted molar refractivity (Wildman–Crippen MR) is 93.0 cm³/mol. The lowest BCUT2D eigenvalue weighted by atomic mass is 10.1. The molecule has 0 aliphatic carbocycles. The third-order valence-electron chi connectivity index (χ3n) is 3.29. The summed E-state index contributed by atoms with van der Waals surface area (Å²) >= 11 is 3.33. The summed E-state index contributed by atoms with van der Waals surface area (Å²) in [7, 11) is 0. The maximum atomic E-state index is 11.7. The quantitative estimate of drug-likeness (QED) is 0.621. The fourth-order valence-electron chi connectivity index (χ4n) is 1.86. The Labute approximate surface area is 143 Å². The van der Waals surface area contributed by atoms with Crippen LogP contribution in [-0.2, 0) is 4.79 Å².